The number of hydrogen-bond donors (Lipinski definition) is 2. The Bertz CT molecular complexity index is 224. The Kier molecular flexibility index (Phi) is 11.6. The second-order valence-corrected chi connectivity index (χ2v) is 13.5. The van der Waals surface area contributed by atoms with E-state index in [1.54, 1.807) is 60.9 Å². The number of hydrogen-bond acceptors (Lipinski definition) is 8. The molecule has 0 aromatic carbocycles. The zero-order valence-electron chi connectivity index (χ0n) is 8.80. The summed E-state index contributed by atoms with van der Waals surface area (Å²) in [7, 11) is 10.0. The van der Waals surface area contributed by atoms with Gasteiger partial charge in [-0.2, -0.15) is 0 Å². The van der Waals surface area contributed by atoms with E-state index >= 15 is 0 Å². The van der Waals surface area contributed by atoms with Crippen LogP contribution < -0.4 is 10.6 Å². The summed E-state index contributed by atoms with van der Waals surface area (Å²) in [6.45, 7) is 1.94. The van der Waals surface area contributed by atoms with Gasteiger partial charge in [-0.3, -0.25) is 0 Å². The molecule has 1 aliphatic rings. The van der Waals surface area contributed by atoms with Gasteiger partial charge in [-0.15, -0.1) is 0 Å². The van der Waals surface area contributed by atoms with Crippen molar-refractivity contribution >= 4 is 94.0 Å². The van der Waals surface area contributed by atoms with Crippen LogP contribution in [0, 0.1) is 0 Å². The van der Waals surface area contributed by atoms with E-state index in [-0.39, 0.29) is 0 Å². The van der Waals surface area contributed by atoms with Crippen molar-refractivity contribution in [3.05, 3.63) is 0 Å². The number of nitrogens with one attached hydrogen (secondary N) is 2. The Morgan fingerprint density at radius 2 is 1.18 bits per heavy atom. The van der Waals surface area contributed by atoms with Gasteiger partial charge in [0.1, 0.15) is 8.64 Å². The van der Waals surface area contributed by atoms with Crippen molar-refractivity contribution in [1.29, 1.82) is 0 Å². The highest BCUT2D eigenvalue weighted by Crippen LogP contribution is 2.52. The highest BCUT2D eigenvalue weighted by atomic mass is 33.9. The topological polar surface area (TPSA) is 24.1 Å². The zero-order chi connectivity index (χ0) is 12.3. The predicted octanol–water partition coefficient (Wildman–Crippen LogP) is 4.89. The first-order chi connectivity index (χ1) is 8.29. The predicted molar refractivity (Wildman–Crippen MR) is 101 cm³/mol. The SMILES string of the molecule is S=C1NCCCCCNC(=S)SSSSSS1. The summed E-state index contributed by atoms with van der Waals surface area (Å²) in [5.41, 5.74) is 0. The molecule has 10 heteroatoms. The van der Waals surface area contributed by atoms with Gasteiger partial charge in [0.2, 0.25) is 0 Å². The van der Waals surface area contributed by atoms with E-state index in [2.05, 4.69) is 10.6 Å². The summed E-state index contributed by atoms with van der Waals surface area (Å²) in [5.74, 6) is 0. The van der Waals surface area contributed by atoms with Gasteiger partial charge in [0.15, 0.2) is 0 Å². The van der Waals surface area contributed by atoms with Crippen molar-refractivity contribution in [3.8, 4) is 0 Å². The zero-order valence-corrected chi connectivity index (χ0v) is 15.3. The molecule has 2 N–H and O–H groups in total. The third-order valence-electron chi connectivity index (χ3n) is 1.69. The summed E-state index contributed by atoms with van der Waals surface area (Å²) < 4.78 is 1.76. The van der Waals surface area contributed by atoms with E-state index in [4.69, 9.17) is 24.4 Å². The molecule has 0 radical (unpaired) electrons. The van der Waals surface area contributed by atoms with Gasteiger partial charge in [-0.1, -0.05) is 24.4 Å². The minimum Gasteiger partial charge on any atom is -0.370 e. The van der Waals surface area contributed by atoms with Crippen LogP contribution >= 0.6 is 85.3 Å². The molecule has 17 heavy (non-hydrogen) atoms. The van der Waals surface area contributed by atoms with E-state index in [0.717, 1.165) is 34.6 Å². The highest BCUT2D eigenvalue weighted by molar-refractivity contribution is 9.43. The Labute approximate surface area is 135 Å². The van der Waals surface area contributed by atoms with Crippen LogP contribution in [0.1, 0.15) is 19.3 Å². The molecule has 0 aliphatic carbocycles. The maximum absolute atomic E-state index is 5.20. The second kappa shape index (κ2) is 11.7. The molecule has 2 nitrogen and oxygen atoms in total. The molecule has 0 unspecified atom stereocenters. The molecule has 0 bridgehead atoms. The van der Waals surface area contributed by atoms with E-state index < -0.39 is 0 Å². The molecule has 0 spiro atoms. The summed E-state index contributed by atoms with van der Waals surface area (Å²) in [5, 5.41) is 6.51. The minimum absolute atomic E-state index is 0.879. The average molecular weight is 381 g/mol. The maximum Gasteiger partial charge on any atom is 0.145 e. The first kappa shape index (κ1) is 16.9. The first-order valence-electron chi connectivity index (χ1n) is 4.86. The van der Waals surface area contributed by atoms with Crippen LogP contribution in [0.2, 0.25) is 0 Å². The number of rotatable bonds is 0. The normalized spacial score (nSPS) is 21.9. The van der Waals surface area contributed by atoms with E-state index in [1.165, 1.54) is 6.42 Å². The van der Waals surface area contributed by atoms with Gasteiger partial charge in [-0.05, 0) is 80.2 Å². The lowest BCUT2D eigenvalue weighted by Gasteiger charge is -2.06. The molecule has 98 valence electrons. The highest BCUT2D eigenvalue weighted by Gasteiger charge is 2.03. The fraction of sp³-hybridized carbons (Fsp3) is 0.714. The van der Waals surface area contributed by atoms with E-state index in [1.807, 2.05) is 0 Å². The molecule has 1 heterocycles. The molecular weight excluding hydrogens is 369 g/mol. The monoisotopic (exact) mass is 380 g/mol. The van der Waals surface area contributed by atoms with Crippen molar-refractivity contribution in [2.24, 2.45) is 0 Å². The molecular formula is C7H12N2S8. The maximum atomic E-state index is 5.20. The molecule has 0 saturated carbocycles. The summed E-state index contributed by atoms with van der Waals surface area (Å²) in [6, 6.07) is 0. The fourth-order valence-electron chi connectivity index (χ4n) is 0.979. The van der Waals surface area contributed by atoms with Crippen molar-refractivity contribution in [1.82, 2.24) is 10.6 Å². The summed E-state index contributed by atoms with van der Waals surface area (Å²) in [6.07, 6.45) is 3.51. The van der Waals surface area contributed by atoms with E-state index in [0.29, 0.717) is 0 Å². The van der Waals surface area contributed by atoms with Crippen molar-refractivity contribution in [2.45, 2.75) is 19.3 Å². The largest absolute Gasteiger partial charge is 0.370 e. The lowest BCUT2D eigenvalue weighted by molar-refractivity contribution is 0.658. The van der Waals surface area contributed by atoms with Crippen molar-refractivity contribution in [3.63, 3.8) is 0 Å². The van der Waals surface area contributed by atoms with Crippen LogP contribution in [0.3, 0.4) is 0 Å². The van der Waals surface area contributed by atoms with Crippen LogP contribution in [0.25, 0.3) is 0 Å². The molecule has 0 atom stereocenters. The van der Waals surface area contributed by atoms with Crippen LogP contribution in [0.4, 0.5) is 0 Å². The summed E-state index contributed by atoms with van der Waals surface area (Å²) in [4.78, 5) is 0. The molecule has 0 aromatic heterocycles. The van der Waals surface area contributed by atoms with Gasteiger partial charge in [0, 0.05) is 13.1 Å². The van der Waals surface area contributed by atoms with Gasteiger partial charge in [-0.25, -0.2) is 0 Å². The molecule has 1 aliphatic heterocycles. The summed E-state index contributed by atoms with van der Waals surface area (Å²) >= 11 is 10.4. The third kappa shape index (κ3) is 10.3. The minimum atomic E-state index is 0.879. The van der Waals surface area contributed by atoms with Crippen LogP contribution in [0.5, 0.6) is 0 Å². The second-order valence-electron chi connectivity index (χ2n) is 2.93. The first-order valence-corrected chi connectivity index (χ1v) is 13.2. The molecule has 1 fully saturated rings. The van der Waals surface area contributed by atoms with Crippen LogP contribution in [0.15, 0.2) is 0 Å². The standard InChI is InChI=1S/C7H12N2S8/c10-6-8-4-2-1-3-5-9-7(11)13-15-17-16-14-12-6/h1-5H2,(H,8,10)(H,9,11). The molecule has 1 saturated heterocycles. The molecule has 0 aromatic rings. The Morgan fingerprint density at radius 1 is 0.706 bits per heavy atom. The third-order valence-corrected chi connectivity index (χ3v) is 13.1. The Balaban J connectivity index is 2.23. The Hall–Kier alpha value is 1.88. The van der Waals surface area contributed by atoms with E-state index in [9.17, 15) is 0 Å². The van der Waals surface area contributed by atoms with Crippen LogP contribution in [-0.2, 0) is 0 Å². The van der Waals surface area contributed by atoms with Gasteiger partial charge in [0.25, 0.3) is 0 Å². The lowest BCUT2D eigenvalue weighted by Crippen LogP contribution is -2.20. The fourth-order valence-corrected chi connectivity index (χ4v) is 12.7. The number of thiocarbonyl (C=S) groups is 2. The molecule has 1 rings (SSSR count). The van der Waals surface area contributed by atoms with Crippen LogP contribution in [-0.4, -0.2) is 21.7 Å². The average Bonchev–Trinajstić information content (AvgIpc) is 2.32. The van der Waals surface area contributed by atoms with Crippen molar-refractivity contribution in [2.75, 3.05) is 13.1 Å². The van der Waals surface area contributed by atoms with Crippen molar-refractivity contribution < 1.29 is 0 Å². The quantitative estimate of drug-likeness (QED) is 0.446. The lowest BCUT2D eigenvalue weighted by atomic mass is 10.2. The van der Waals surface area contributed by atoms with Gasteiger partial charge in [0.05, 0.1) is 0 Å². The smallest absolute Gasteiger partial charge is 0.145 e. The molecule has 0 amide bonds. The van der Waals surface area contributed by atoms with Gasteiger partial charge < -0.3 is 10.6 Å². The van der Waals surface area contributed by atoms with Gasteiger partial charge >= 0.3 is 0 Å². The Morgan fingerprint density at radius 3 is 1.65 bits per heavy atom.